The van der Waals surface area contributed by atoms with E-state index in [0.717, 1.165) is 19.3 Å². The van der Waals surface area contributed by atoms with Gasteiger partial charge >= 0.3 is 0 Å². The fourth-order valence-corrected chi connectivity index (χ4v) is 5.65. The van der Waals surface area contributed by atoms with Crippen LogP contribution in [0.4, 0.5) is 0 Å². The van der Waals surface area contributed by atoms with Crippen molar-refractivity contribution in [3.8, 4) is 0 Å². The van der Waals surface area contributed by atoms with Gasteiger partial charge < -0.3 is 5.11 Å². The quantitative estimate of drug-likeness (QED) is 0.384. The van der Waals surface area contributed by atoms with E-state index in [9.17, 15) is 5.11 Å². The summed E-state index contributed by atoms with van der Waals surface area (Å²) in [6.07, 6.45) is 11.3. The Balaban J connectivity index is 2.20. The van der Waals surface area contributed by atoms with Crippen molar-refractivity contribution in [2.75, 3.05) is 0 Å². The van der Waals surface area contributed by atoms with Crippen molar-refractivity contribution in [2.45, 2.75) is 112 Å². The summed E-state index contributed by atoms with van der Waals surface area (Å²) in [5.41, 5.74) is 3.03. The Labute approximate surface area is 175 Å². The van der Waals surface area contributed by atoms with E-state index < -0.39 is 5.60 Å². The average molecular weight is 387 g/mol. The Kier molecular flexibility index (Phi) is 8.20. The molecule has 1 heteroatoms. The summed E-state index contributed by atoms with van der Waals surface area (Å²) in [7, 11) is 0. The van der Waals surface area contributed by atoms with Crippen LogP contribution in [0.5, 0.6) is 0 Å². The van der Waals surface area contributed by atoms with Crippen molar-refractivity contribution >= 4 is 0 Å². The monoisotopic (exact) mass is 386 g/mol. The molecule has 1 aromatic carbocycles. The molecule has 0 aliphatic heterocycles. The highest BCUT2D eigenvalue weighted by molar-refractivity contribution is 5.43. The van der Waals surface area contributed by atoms with Crippen LogP contribution in [0.3, 0.4) is 0 Å². The molecule has 3 unspecified atom stereocenters. The van der Waals surface area contributed by atoms with Crippen molar-refractivity contribution in [1.82, 2.24) is 0 Å². The molecule has 0 saturated heterocycles. The maximum atomic E-state index is 12.3. The van der Waals surface area contributed by atoms with Crippen molar-refractivity contribution in [3.63, 3.8) is 0 Å². The van der Waals surface area contributed by atoms with E-state index in [4.69, 9.17) is 0 Å². The molecule has 1 aromatic rings. The predicted molar refractivity (Wildman–Crippen MR) is 123 cm³/mol. The third-order valence-corrected chi connectivity index (χ3v) is 7.17. The molecular weight excluding hydrogens is 340 g/mol. The molecule has 0 saturated carbocycles. The fourth-order valence-electron chi connectivity index (χ4n) is 5.65. The summed E-state index contributed by atoms with van der Waals surface area (Å²) >= 11 is 0. The van der Waals surface area contributed by atoms with Gasteiger partial charge in [-0.2, -0.15) is 0 Å². The van der Waals surface area contributed by atoms with E-state index in [1.165, 1.54) is 55.2 Å². The van der Waals surface area contributed by atoms with Crippen LogP contribution in [0.2, 0.25) is 0 Å². The molecule has 3 atom stereocenters. The highest BCUT2D eigenvalue weighted by atomic mass is 16.3. The Morgan fingerprint density at radius 3 is 2.32 bits per heavy atom. The first kappa shape index (κ1) is 23.5. The molecule has 1 nitrogen and oxygen atoms in total. The second-order valence-electron chi connectivity index (χ2n) is 10.9. The Morgan fingerprint density at radius 1 is 1.00 bits per heavy atom. The molecule has 0 radical (unpaired) electrons. The van der Waals surface area contributed by atoms with Gasteiger partial charge in [0.2, 0.25) is 0 Å². The molecule has 2 rings (SSSR count). The number of unbranched alkanes of at least 4 members (excludes halogenated alkanes) is 4. The van der Waals surface area contributed by atoms with Gasteiger partial charge in [-0.3, -0.25) is 0 Å². The number of fused-ring (bicyclic) bond motifs is 1. The van der Waals surface area contributed by atoms with Crippen LogP contribution in [0.25, 0.3) is 0 Å². The van der Waals surface area contributed by atoms with Crippen molar-refractivity contribution < 1.29 is 5.11 Å². The van der Waals surface area contributed by atoms with Gasteiger partial charge in [-0.05, 0) is 55.1 Å². The smallest absolute Gasteiger partial charge is 0.0981 e. The number of aliphatic hydroxyl groups is 1. The zero-order valence-corrected chi connectivity index (χ0v) is 19.8. The predicted octanol–water partition coefficient (Wildman–Crippen LogP) is 7.81. The van der Waals surface area contributed by atoms with E-state index in [1.54, 1.807) is 0 Å². The summed E-state index contributed by atoms with van der Waals surface area (Å²) in [4.78, 5) is 0. The molecule has 0 aromatic heterocycles. The second kappa shape index (κ2) is 9.79. The Hall–Kier alpha value is -0.820. The van der Waals surface area contributed by atoms with E-state index in [2.05, 4.69) is 66.7 Å². The number of rotatable bonds is 11. The first-order valence-electron chi connectivity index (χ1n) is 11.9. The van der Waals surface area contributed by atoms with Crippen molar-refractivity contribution in [3.05, 3.63) is 34.9 Å². The fraction of sp³-hybridized carbons (Fsp3) is 0.778. The highest BCUT2D eigenvalue weighted by Crippen LogP contribution is 2.56. The van der Waals surface area contributed by atoms with E-state index >= 15 is 0 Å². The van der Waals surface area contributed by atoms with Gasteiger partial charge in [-0.15, -0.1) is 0 Å². The van der Waals surface area contributed by atoms with Gasteiger partial charge in [0.05, 0.1) is 5.60 Å². The van der Waals surface area contributed by atoms with Crippen LogP contribution in [0, 0.1) is 30.1 Å². The van der Waals surface area contributed by atoms with Crippen LogP contribution >= 0.6 is 0 Å². The molecule has 28 heavy (non-hydrogen) atoms. The number of hydrogen-bond acceptors (Lipinski definition) is 1. The van der Waals surface area contributed by atoms with Gasteiger partial charge in [-0.1, -0.05) is 104 Å². The zero-order chi connectivity index (χ0) is 20.9. The van der Waals surface area contributed by atoms with E-state index in [1.807, 2.05) is 0 Å². The van der Waals surface area contributed by atoms with E-state index in [-0.39, 0.29) is 5.41 Å². The highest BCUT2D eigenvalue weighted by Gasteiger charge is 2.55. The van der Waals surface area contributed by atoms with Crippen LogP contribution in [-0.2, 0) is 12.0 Å². The van der Waals surface area contributed by atoms with Gasteiger partial charge in [-0.25, -0.2) is 0 Å². The van der Waals surface area contributed by atoms with Gasteiger partial charge in [0.1, 0.15) is 0 Å². The second-order valence-corrected chi connectivity index (χ2v) is 10.9. The normalized spacial score (nSPS) is 23.0. The van der Waals surface area contributed by atoms with Crippen LogP contribution in [-0.4, -0.2) is 5.11 Å². The average Bonchev–Trinajstić information content (AvgIpc) is 2.81. The van der Waals surface area contributed by atoms with Gasteiger partial charge in [0, 0.05) is 5.41 Å². The summed E-state index contributed by atoms with van der Waals surface area (Å²) < 4.78 is 0. The topological polar surface area (TPSA) is 20.2 Å². The minimum Gasteiger partial charge on any atom is -0.384 e. The third-order valence-electron chi connectivity index (χ3n) is 7.17. The molecule has 0 bridgehead atoms. The lowest BCUT2D eigenvalue weighted by Gasteiger charge is -2.45. The summed E-state index contributed by atoms with van der Waals surface area (Å²) in [6, 6.07) is 6.73. The molecule has 1 N–H and O–H groups in total. The van der Waals surface area contributed by atoms with Gasteiger partial charge in [0.25, 0.3) is 0 Å². The van der Waals surface area contributed by atoms with Crippen LogP contribution in [0.1, 0.15) is 110 Å². The van der Waals surface area contributed by atoms with Crippen LogP contribution < -0.4 is 0 Å². The first-order valence-corrected chi connectivity index (χ1v) is 11.9. The first-order chi connectivity index (χ1) is 13.1. The maximum Gasteiger partial charge on any atom is 0.0981 e. The van der Waals surface area contributed by atoms with Gasteiger partial charge in [0.15, 0.2) is 0 Å². The number of aryl methyl sites for hydroxylation is 1. The Bertz CT molecular complexity index is 615. The van der Waals surface area contributed by atoms with Crippen molar-refractivity contribution in [1.29, 1.82) is 0 Å². The maximum absolute atomic E-state index is 12.3. The number of benzene rings is 1. The molecule has 1 aliphatic rings. The SMILES string of the molecule is CCCCCCCC(C)CC(CC(C)C)C1(O)c2cc(C)ccc2CC1(C)C. The largest absolute Gasteiger partial charge is 0.384 e. The lowest BCUT2D eigenvalue weighted by Crippen LogP contribution is -2.46. The Morgan fingerprint density at radius 2 is 1.68 bits per heavy atom. The molecule has 0 heterocycles. The standard InChI is InChI=1S/C27H46O/c1-8-9-10-11-12-13-21(4)17-24(16-20(2)3)27(28)25-18-22(5)14-15-23(25)19-26(27,6)7/h14-15,18,20-21,24,28H,8-13,16-17,19H2,1-7H3. The third kappa shape index (κ3) is 5.21. The molecule has 0 amide bonds. The molecule has 0 fully saturated rings. The zero-order valence-electron chi connectivity index (χ0n) is 19.8. The molecule has 160 valence electrons. The minimum atomic E-state index is -0.713. The van der Waals surface area contributed by atoms with Crippen LogP contribution in [0.15, 0.2) is 18.2 Å². The lowest BCUT2D eigenvalue weighted by atomic mass is 9.63. The van der Waals surface area contributed by atoms with Crippen molar-refractivity contribution in [2.24, 2.45) is 23.2 Å². The summed E-state index contributed by atoms with van der Waals surface area (Å²) in [6.45, 7) is 16.0. The molecular formula is C27H46O. The lowest BCUT2D eigenvalue weighted by molar-refractivity contribution is -0.119. The molecule has 0 spiro atoms. The molecule has 1 aliphatic carbocycles. The summed E-state index contributed by atoms with van der Waals surface area (Å²) in [5.74, 6) is 1.62. The number of hydrogen-bond donors (Lipinski definition) is 1. The van der Waals surface area contributed by atoms with E-state index in [0.29, 0.717) is 17.8 Å². The minimum absolute atomic E-state index is 0.108. The summed E-state index contributed by atoms with van der Waals surface area (Å²) in [5, 5.41) is 12.3.